The number of nitrogens with zero attached hydrogens (tertiary/aromatic N) is 2. The fourth-order valence-corrected chi connectivity index (χ4v) is 4.46. The molecule has 1 amide bonds. The number of benzene rings is 3. The second-order valence-electron chi connectivity index (χ2n) is 9.43. The van der Waals surface area contributed by atoms with Gasteiger partial charge in [-0.1, -0.05) is 56.3 Å². The van der Waals surface area contributed by atoms with Crippen LogP contribution in [-0.2, 0) is 11.3 Å². The maximum absolute atomic E-state index is 13.1. The van der Waals surface area contributed by atoms with Crippen LogP contribution < -0.4 is 10.2 Å². The Bertz CT molecular complexity index is 1170. The number of hydrogen-bond acceptors (Lipinski definition) is 5. The van der Waals surface area contributed by atoms with E-state index in [1.807, 2.05) is 36.4 Å². The molecule has 0 atom stereocenters. The van der Waals surface area contributed by atoms with Gasteiger partial charge in [-0.15, -0.1) is 0 Å². The van der Waals surface area contributed by atoms with E-state index in [-0.39, 0.29) is 5.91 Å². The minimum atomic E-state index is -0.395. The van der Waals surface area contributed by atoms with E-state index >= 15 is 0 Å². The number of anilines is 2. The van der Waals surface area contributed by atoms with Gasteiger partial charge in [-0.3, -0.25) is 9.69 Å². The van der Waals surface area contributed by atoms with Crippen LogP contribution in [0.1, 0.15) is 58.5 Å². The monoisotopic (exact) mass is 485 g/mol. The topological polar surface area (TPSA) is 61.9 Å². The van der Waals surface area contributed by atoms with Gasteiger partial charge in [0.2, 0.25) is 0 Å². The highest BCUT2D eigenvalue weighted by Gasteiger charge is 2.22. The lowest BCUT2D eigenvalue weighted by molar-refractivity contribution is 0.0526. The van der Waals surface area contributed by atoms with Gasteiger partial charge in [0.1, 0.15) is 0 Å². The highest BCUT2D eigenvalue weighted by Crippen LogP contribution is 2.30. The molecule has 6 nitrogen and oxygen atoms in total. The Morgan fingerprint density at radius 2 is 1.56 bits per heavy atom. The minimum absolute atomic E-state index is 0.199. The minimum Gasteiger partial charge on any atom is -0.462 e. The Morgan fingerprint density at radius 3 is 2.19 bits per heavy atom. The molecule has 1 heterocycles. The summed E-state index contributed by atoms with van der Waals surface area (Å²) < 4.78 is 5.19. The van der Waals surface area contributed by atoms with E-state index < -0.39 is 5.97 Å². The first-order chi connectivity index (χ1) is 17.4. The van der Waals surface area contributed by atoms with E-state index in [0.717, 1.165) is 38.4 Å². The Labute approximate surface area is 213 Å². The molecule has 1 fully saturated rings. The zero-order valence-electron chi connectivity index (χ0n) is 21.4. The van der Waals surface area contributed by atoms with Gasteiger partial charge in [-0.2, -0.15) is 0 Å². The van der Waals surface area contributed by atoms with Gasteiger partial charge in [-0.25, -0.2) is 4.79 Å². The van der Waals surface area contributed by atoms with Crippen LogP contribution in [0.25, 0.3) is 0 Å². The van der Waals surface area contributed by atoms with Crippen molar-refractivity contribution in [2.75, 3.05) is 43.0 Å². The molecule has 6 heteroatoms. The number of piperazine rings is 1. The van der Waals surface area contributed by atoms with Crippen LogP contribution in [-0.4, -0.2) is 49.6 Å². The third-order valence-corrected chi connectivity index (χ3v) is 6.56. The molecule has 1 aliphatic rings. The fourth-order valence-electron chi connectivity index (χ4n) is 4.46. The van der Waals surface area contributed by atoms with Gasteiger partial charge < -0.3 is 15.0 Å². The maximum Gasteiger partial charge on any atom is 0.338 e. The number of rotatable bonds is 8. The summed E-state index contributed by atoms with van der Waals surface area (Å²) >= 11 is 0. The van der Waals surface area contributed by atoms with Crippen LogP contribution in [0.2, 0.25) is 0 Å². The predicted octanol–water partition coefficient (Wildman–Crippen LogP) is 5.56. The Kier molecular flexibility index (Phi) is 8.39. The molecule has 1 saturated heterocycles. The molecule has 0 bridgehead atoms. The van der Waals surface area contributed by atoms with Crippen LogP contribution in [0.3, 0.4) is 0 Å². The van der Waals surface area contributed by atoms with E-state index in [2.05, 4.69) is 53.2 Å². The van der Waals surface area contributed by atoms with Crippen molar-refractivity contribution in [3.63, 3.8) is 0 Å². The summed E-state index contributed by atoms with van der Waals surface area (Å²) in [5.74, 6) is -0.195. The van der Waals surface area contributed by atoms with Gasteiger partial charge in [0.25, 0.3) is 5.91 Å². The lowest BCUT2D eigenvalue weighted by atomic mass is 10.0. The zero-order valence-corrected chi connectivity index (χ0v) is 21.4. The molecule has 188 valence electrons. The second-order valence-corrected chi connectivity index (χ2v) is 9.43. The highest BCUT2D eigenvalue weighted by molar-refractivity contribution is 6.07. The van der Waals surface area contributed by atoms with Gasteiger partial charge in [0.15, 0.2) is 0 Å². The molecular weight excluding hydrogens is 450 g/mol. The second kappa shape index (κ2) is 11.9. The van der Waals surface area contributed by atoms with Gasteiger partial charge in [0.05, 0.1) is 23.5 Å². The number of ether oxygens (including phenoxy) is 1. The van der Waals surface area contributed by atoms with E-state index in [9.17, 15) is 9.59 Å². The van der Waals surface area contributed by atoms with Crippen LogP contribution in [0.5, 0.6) is 0 Å². The Hall–Kier alpha value is -3.64. The molecule has 3 aromatic carbocycles. The first-order valence-corrected chi connectivity index (χ1v) is 12.7. The fraction of sp³-hybridized carbons (Fsp3) is 0.333. The van der Waals surface area contributed by atoms with Crippen molar-refractivity contribution in [1.82, 2.24) is 4.90 Å². The van der Waals surface area contributed by atoms with Crippen molar-refractivity contribution in [2.24, 2.45) is 0 Å². The molecule has 0 saturated carbocycles. The molecule has 3 aromatic rings. The average molecular weight is 486 g/mol. The normalized spacial score (nSPS) is 14.1. The van der Waals surface area contributed by atoms with Gasteiger partial charge >= 0.3 is 5.97 Å². The molecule has 0 aliphatic carbocycles. The zero-order chi connectivity index (χ0) is 25.5. The number of carbonyl (C=O) groups is 2. The molecule has 0 spiro atoms. The predicted molar refractivity (Wildman–Crippen MR) is 145 cm³/mol. The van der Waals surface area contributed by atoms with Crippen molar-refractivity contribution >= 4 is 23.3 Å². The standard InChI is InChI=1S/C30H35N3O3/c1-4-36-30(35)26-14-15-28(33-18-16-32(17-19-33)21-23-8-6-5-7-9-23)27(20-26)31-29(34)25-12-10-24(11-13-25)22(2)3/h5-15,20,22H,4,16-19,21H2,1-3H3,(H,31,34). The number of nitrogens with one attached hydrogen (secondary N) is 1. The molecule has 0 aromatic heterocycles. The summed E-state index contributed by atoms with van der Waals surface area (Å²) in [6.07, 6.45) is 0. The third-order valence-electron chi connectivity index (χ3n) is 6.56. The number of amides is 1. The lowest BCUT2D eigenvalue weighted by Crippen LogP contribution is -2.46. The lowest BCUT2D eigenvalue weighted by Gasteiger charge is -2.37. The first kappa shape index (κ1) is 25.5. The molecule has 36 heavy (non-hydrogen) atoms. The molecular formula is C30H35N3O3. The quantitative estimate of drug-likeness (QED) is 0.423. The average Bonchev–Trinajstić information content (AvgIpc) is 2.90. The van der Waals surface area contributed by atoms with E-state index in [0.29, 0.717) is 29.3 Å². The summed E-state index contributed by atoms with van der Waals surface area (Å²) in [5, 5.41) is 3.06. The maximum atomic E-state index is 13.1. The smallest absolute Gasteiger partial charge is 0.338 e. The van der Waals surface area contributed by atoms with E-state index in [4.69, 9.17) is 4.74 Å². The molecule has 4 rings (SSSR count). The number of carbonyl (C=O) groups excluding carboxylic acids is 2. The SMILES string of the molecule is CCOC(=O)c1ccc(N2CCN(Cc3ccccc3)CC2)c(NC(=O)c2ccc(C(C)C)cc2)c1. The summed E-state index contributed by atoms with van der Waals surface area (Å²) in [7, 11) is 0. The van der Waals surface area contributed by atoms with Gasteiger partial charge in [-0.05, 0) is 54.3 Å². The van der Waals surface area contributed by atoms with Crippen molar-refractivity contribution < 1.29 is 14.3 Å². The van der Waals surface area contributed by atoms with E-state index in [1.54, 1.807) is 19.1 Å². The van der Waals surface area contributed by atoms with Crippen LogP contribution >= 0.6 is 0 Å². The highest BCUT2D eigenvalue weighted by atomic mass is 16.5. The Balaban J connectivity index is 1.52. The molecule has 1 aliphatic heterocycles. The first-order valence-electron chi connectivity index (χ1n) is 12.7. The summed E-state index contributed by atoms with van der Waals surface area (Å²) in [6.45, 7) is 10.8. The van der Waals surface area contributed by atoms with Crippen molar-refractivity contribution in [1.29, 1.82) is 0 Å². The van der Waals surface area contributed by atoms with Crippen molar-refractivity contribution in [3.05, 3.63) is 95.1 Å². The van der Waals surface area contributed by atoms with Crippen molar-refractivity contribution in [2.45, 2.75) is 33.2 Å². The van der Waals surface area contributed by atoms with Gasteiger partial charge in [0, 0.05) is 38.3 Å². The van der Waals surface area contributed by atoms with E-state index in [1.165, 1.54) is 11.1 Å². The number of hydrogen-bond donors (Lipinski definition) is 1. The number of esters is 1. The van der Waals surface area contributed by atoms with Crippen LogP contribution in [0.15, 0.2) is 72.8 Å². The summed E-state index contributed by atoms with van der Waals surface area (Å²) in [4.78, 5) is 30.3. The summed E-state index contributed by atoms with van der Waals surface area (Å²) in [5.41, 5.74) is 5.03. The molecule has 1 N–H and O–H groups in total. The van der Waals surface area contributed by atoms with Crippen molar-refractivity contribution in [3.8, 4) is 0 Å². The molecule has 0 unspecified atom stereocenters. The summed E-state index contributed by atoms with van der Waals surface area (Å²) in [6, 6.07) is 23.6. The van der Waals surface area contributed by atoms with Crippen LogP contribution in [0, 0.1) is 0 Å². The third kappa shape index (κ3) is 6.32. The largest absolute Gasteiger partial charge is 0.462 e. The Morgan fingerprint density at radius 1 is 0.889 bits per heavy atom. The van der Waals surface area contributed by atoms with Crippen LogP contribution in [0.4, 0.5) is 11.4 Å². The molecule has 0 radical (unpaired) electrons.